The minimum atomic E-state index is -0.0428. The molecule has 0 spiro atoms. The number of nitrogen functional groups attached to an aromatic ring is 1. The fourth-order valence-corrected chi connectivity index (χ4v) is 1.66. The van der Waals surface area contributed by atoms with Gasteiger partial charge >= 0.3 is 0 Å². The molecule has 1 amide bonds. The number of carbonyl (C=O) groups is 1. The molecule has 0 unspecified atom stereocenters. The average Bonchev–Trinajstić information content (AvgIpc) is 2.39. The molecule has 0 fully saturated rings. The normalized spacial score (nSPS) is 11.1. The van der Waals surface area contributed by atoms with Crippen molar-refractivity contribution in [3.63, 3.8) is 0 Å². The molecule has 18 heavy (non-hydrogen) atoms. The van der Waals surface area contributed by atoms with Crippen molar-refractivity contribution < 1.29 is 4.79 Å². The van der Waals surface area contributed by atoms with Gasteiger partial charge in [0.05, 0.1) is 0 Å². The first-order chi connectivity index (χ1) is 8.65. The molecule has 0 heterocycles. The number of nitrogens with one attached hydrogen (secondary N) is 1. The van der Waals surface area contributed by atoms with Gasteiger partial charge in [-0.2, -0.15) is 0 Å². The number of nitrogens with two attached hydrogens (primary N) is 1. The van der Waals surface area contributed by atoms with Crippen molar-refractivity contribution in [2.75, 3.05) is 12.3 Å². The highest BCUT2D eigenvalue weighted by Crippen LogP contribution is 2.07. The monoisotopic (exact) mass is 246 g/mol. The molecule has 3 N–H and O–H groups in total. The predicted octanol–water partition coefficient (Wildman–Crippen LogP) is 2.83. The number of benzene rings is 1. The first kappa shape index (κ1) is 14.3. The van der Waals surface area contributed by atoms with Crippen molar-refractivity contribution in [3.8, 4) is 0 Å². The molecular formula is C15H22N2O. The van der Waals surface area contributed by atoms with Gasteiger partial charge in [0, 0.05) is 18.3 Å². The highest BCUT2D eigenvalue weighted by atomic mass is 16.1. The van der Waals surface area contributed by atoms with Crippen LogP contribution in [0.1, 0.15) is 32.3 Å². The number of amides is 1. The molecule has 0 radical (unpaired) electrons. The van der Waals surface area contributed by atoms with Gasteiger partial charge in [0.2, 0.25) is 5.91 Å². The number of hydrogen-bond acceptors (Lipinski definition) is 2. The van der Waals surface area contributed by atoms with Crippen LogP contribution in [0.4, 0.5) is 5.69 Å². The highest BCUT2D eigenvalue weighted by Gasteiger charge is 2.03. The molecule has 0 aliphatic rings. The maximum Gasteiger partial charge on any atom is 0.244 e. The van der Waals surface area contributed by atoms with Gasteiger partial charge in [0.1, 0.15) is 0 Å². The Morgan fingerprint density at radius 2 is 1.89 bits per heavy atom. The van der Waals surface area contributed by atoms with Crippen LogP contribution in [0.2, 0.25) is 0 Å². The van der Waals surface area contributed by atoms with E-state index in [1.807, 2.05) is 24.3 Å². The van der Waals surface area contributed by atoms with Crippen LogP contribution >= 0.6 is 0 Å². The van der Waals surface area contributed by atoms with E-state index in [-0.39, 0.29) is 5.91 Å². The average molecular weight is 246 g/mol. The lowest BCUT2D eigenvalue weighted by Gasteiger charge is -2.11. The number of hydrogen-bond donors (Lipinski definition) is 2. The summed E-state index contributed by atoms with van der Waals surface area (Å²) in [6.45, 7) is 5.03. The summed E-state index contributed by atoms with van der Waals surface area (Å²) in [7, 11) is 0. The van der Waals surface area contributed by atoms with E-state index in [2.05, 4.69) is 19.2 Å². The molecule has 0 aliphatic carbocycles. The van der Waals surface area contributed by atoms with Gasteiger partial charge in [-0.1, -0.05) is 38.8 Å². The second-order valence-electron chi connectivity index (χ2n) is 4.43. The van der Waals surface area contributed by atoms with Crippen LogP contribution in [0.5, 0.6) is 0 Å². The molecular weight excluding hydrogens is 224 g/mol. The number of carbonyl (C=O) groups excluding carboxylic acids is 1. The third-order valence-corrected chi connectivity index (χ3v) is 3.08. The SMILES string of the molecule is CCC(CC)CNC(=O)/C=C/c1ccc(N)cc1. The van der Waals surface area contributed by atoms with Crippen molar-refractivity contribution in [2.24, 2.45) is 5.92 Å². The second kappa shape index (κ2) is 7.54. The third kappa shape index (κ3) is 5.04. The molecule has 1 rings (SSSR count). The maximum absolute atomic E-state index is 11.6. The summed E-state index contributed by atoms with van der Waals surface area (Å²) in [4.78, 5) is 11.6. The number of anilines is 1. The maximum atomic E-state index is 11.6. The van der Waals surface area contributed by atoms with E-state index in [0.29, 0.717) is 5.92 Å². The Bertz CT molecular complexity index is 391. The van der Waals surface area contributed by atoms with Crippen LogP contribution in [0.15, 0.2) is 30.3 Å². The van der Waals surface area contributed by atoms with E-state index < -0.39 is 0 Å². The van der Waals surface area contributed by atoms with Crippen molar-refractivity contribution in [1.29, 1.82) is 0 Å². The van der Waals surface area contributed by atoms with E-state index in [1.165, 1.54) is 0 Å². The van der Waals surface area contributed by atoms with E-state index in [1.54, 1.807) is 12.2 Å². The van der Waals surface area contributed by atoms with E-state index in [9.17, 15) is 4.79 Å². The fourth-order valence-electron chi connectivity index (χ4n) is 1.66. The third-order valence-electron chi connectivity index (χ3n) is 3.08. The molecule has 1 aromatic rings. The first-order valence-electron chi connectivity index (χ1n) is 6.47. The van der Waals surface area contributed by atoms with Crippen molar-refractivity contribution >= 4 is 17.7 Å². The summed E-state index contributed by atoms with van der Waals surface area (Å²) in [5.41, 5.74) is 7.29. The summed E-state index contributed by atoms with van der Waals surface area (Å²) in [5.74, 6) is 0.526. The quantitative estimate of drug-likeness (QED) is 0.599. The van der Waals surface area contributed by atoms with Gasteiger partial charge in [-0.05, 0) is 29.7 Å². The summed E-state index contributed by atoms with van der Waals surface area (Å²) < 4.78 is 0. The van der Waals surface area contributed by atoms with E-state index in [0.717, 1.165) is 30.6 Å². The zero-order valence-corrected chi connectivity index (χ0v) is 11.1. The van der Waals surface area contributed by atoms with Crippen molar-refractivity contribution in [3.05, 3.63) is 35.9 Å². The Kier molecular flexibility index (Phi) is 5.98. The Labute approximate surface area is 109 Å². The van der Waals surface area contributed by atoms with Crippen LogP contribution in [-0.2, 0) is 4.79 Å². The Hall–Kier alpha value is -1.77. The molecule has 98 valence electrons. The molecule has 1 aromatic carbocycles. The Morgan fingerprint density at radius 3 is 2.44 bits per heavy atom. The lowest BCUT2D eigenvalue weighted by atomic mass is 10.0. The Morgan fingerprint density at radius 1 is 1.28 bits per heavy atom. The van der Waals surface area contributed by atoms with Gasteiger partial charge < -0.3 is 11.1 Å². The first-order valence-corrected chi connectivity index (χ1v) is 6.47. The predicted molar refractivity (Wildman–Crippen MR) is 77.0 cm³/mol. The summed E-state index contributed by atoms with van der Waals surface area (Å²) >= 11 is 0. The van der Waals surface area contributed by atoms with Crippen LogP contribution in [-0.4, -0.2) is 12.5 Å². The zero-order chi connectivity index (χ0) is 13.4. The van der Waals surface area contributed by atoms with E-state index >= 15 is 0 Å². The van der Waals surface area contributed by atoms with Crippen LogP contribution in [0.25, 0.3) is 6.08 Å². The second-order valence-corrected chi connectivity index (χ2v) is 4.43. The smallest absolute Gasteiger partial charge is 0.244 e. The van der Waals surface area contributed by atoms with Crippen molar-refractivity contribution in [2.45, 2.75) is 26.7 Å². The van der Waals surface area contributed by atoms with Crippen LogP contribution in [0, 0.1) is 5.92 Å². The van der Waals surface area contributed by atoms with Gasteiger partial charge in [-0.25, -0.2) is 0 Å². The lowest BCUT2D eigenvalue weighted by molar-refractivity contribution is -0.116. The molecule has 3 heteroatoms. The highest BCUT2D eigenvalue weighted by molar-refractivity contribution is 5.91. The van der Waals surface area contributed by atoms with Gasteiger partial charge in [-0.3, -0.25) is 4.79 Å². The number of rotatable bonds is 6. The molecule has 0 aromatic heterocycles. The molecule has 0 saturated heterocycles. The summed E-state index contributed by atoms with van der Waals surface area (Å²) in [6.07, 6.45) is 5.55. The lowest BCUT2D eigenvalue weighted by Crippen LogP contribution is -2.27. The van der Waals surface area contributed by atoms with E-state index in [4.69, 9.17) is 5.73 Å². The topological polar surface area (TPSA) is 55.1 Å². The molecule has 0 bridgehead atoms. The van der Waals surface area contributed by atoms with Crippen LogP contribution < -0.4 is 11.1 Å². The molecule has 0 saturated carbocycles. The Balaban J connectivity index is 2.42. The van der Waals surface area contributed by atoms with Gasteiger partial charge in [-0.15, -0.1) is 0 Å². The molecule has 3 nitrogen and oxygen atoms in total. The summed E-state index contributed by atoms with van der Waals surface area (Å²) in [5, 5.41) is 2.92. The summed E-state index contributed by atoms with van der Waals surface area (Å²) in [6, 6.07) is 7.42. The van der Waals surface area contributed by atoms with Crippen LogP contribution in [0.3, 0.4) is 0 Å². The standard InChI is InChI=1S/C15H22N2O/c1-3-12(4-2)11-17-15(18)10-7-13-5-8-14(16)9-6-13/h5-10,12H,3-4,11,16H2,1-2H3,(H,17,18)/b10-7+. The fraction of sp³-hybridized carbons (Fsp3) is 0.400. The largest absolute Gasteiger partial charge is 0.399 e. The van der Waals surface area contributed by atoms with Crippen molar-refractivity contribution in [1.82, 2.24) is 5.32 Å². The molecule has 0 aliphatic heterocycles. The van der Waals surface area contributed by atoms with Gasteiger partial charge in [0.15, 0.2) is 0 Å². The minimum Gasteiger partial charge on any atom is -0.399 e. The zero-order valence-electron chi connectivity index (χ0n) is 11.1. The molecule has 0 atom stereocenters. The minimum absolute atomic E-state index is 0.0428. The van der Waals surface area contributed by atoms with Gasteiger partial charge in [0.25, 0.3) is 0 Å².